The Kier molecular flexibility index (Phi) is 1.37. The summed E-state index contributed by atoms with van der Waals surface area (Å²) in [5.41, 5.74) is 0. The van der Waals surface area contributed by atoms with Crippen LogP contribution in [0.2, 0.25) is 5.31 Å². The number of rotatable bonds is 0. The van der Waals surface area contributed by atoms with Gasteiger partial charge in [-0.2, -0.15) is 0 Å². The van der Waals surface area contributed by atoms with E-state index in [1.807, 2.05) is 0 Å². The third-order valence-electron chi connectivity index (χ3n) is 3.51. The van der Waals surface area contributed by atoms with Crippen LogP contribution in [0.3, 0.4) is 0 Å². The van der Waals surface area contributed by atoms with Crippen LogP contribution in [0.5, 0.6) is 0 Å². The highest BCUT2D eigenvalue weighted by Gasteiger charge is 2.39. The van der Waals surface area contributed by atoms with E-state index in [1.165, 1.54) is 32.1 Å². The molecular weight excluding hydrogens is 119 g/mol. The SMILES string of the molecule is [B]C1(C)CC2CCC1CC2. The highest BCUT2D eigenvalue weighted by molar-refractivity contribution is 6.15. The maximum absolute atomic E-state index is 6.16. The molecular formula is C9H15B. The Bertz CT molecular complexity index is 132. The van der Waals surface area contributed by atoms with Gasteiger partial charge in [0.25, 0.3) is 0 Å². The van der Waals surface area contributed by atoms with Crippen LogP contribution in [0.15, 0.2) is 0 Å². The van der Waals surface area contributed by atoms with Crippen LogP contribution in [-0.4, -0.2) is 7.85 Å². The summed E-state index contributed by atoms with van der Waals surface area (Å²) in [6, 6.07) is 0. The zero-order chi connectivity index (χ0) is 7.19. The third-order valence-corrected chi connectivity index (χ3v) is 3.51. The topological polar surface area (TPSA) is 0 Å². The van der Waals surface area contributed by atoms with Gasteiger partial charge in [0, 0.05) is 0 Å². The summed E-state index contributed by atoms with van der Waals surface area (Å²) in [7, 11) is 6.16. The Morgan fingerprint density at radius 1 is 1.20 bits per heavy atom. The summed E-state index contributed by atoms with van der Waals surface area (Å²) in [4.78, 5) is 0. The highest BCUT2D eigenvalue weighted by Crippen LogP contribution is 2.54. The van der Waals surface area contributed by atoms with E-state index in [9.17, 15) is 0 Å². The van der Waals surface area contributed by atoms with Crippen LogP contribution in [0.1, 0.15) is 39.0 Å². The van der Waals surface area contributed by atoms with E-state index in [0.717, 1.165) is 11.8 Å². The van der Waals surface area contributed by atoms with Crippen LogP contribution in [-0.2, 0) is 0 Å². The predicted octanol–water partition coefficient (Wildman–Crippen LogP) is 2.54. The van der Waals surface area contributed by atoms with Gasteiger partial charge in [0.1, 0.15) is 0 Å². The third kappa shape index (κ3) is 0.907. The van der Waals surface area contributed by atoms with Crippen LogP contribution in [0.4, 0.5) is 0 Å². The molecule has 0 aromatic heterocycles. The summed E-state index contributed by atoms with van der Waals surface area (Å²) in [5, 5.41) is 0.196. The van der Waals surface area contributed by atoms with Gasteiger partial charge in [0.15, 0.2) is 0 Å². The second kappa shape index (κ2) is 2.02. The molecule has 3 aliphatic rings. The molecule has 0 amide bonds. The molecule has 3 fully saturated rings. The molecule has 1 atom stereocenters. The van der Waals surface area contributed by atoms with Crippen molar-refractivity contribution in [3.63, 3.8) is 0 Å². The smallest absolute Gasteiger partial charge is 0.0674 e. The molecule has 3 saturated carbocycles. The van der Waals surface area contributed by atoms with Crippen LogP contribution < -0.4 is 0 Å². The van der Waals surface area contributed by atoms with Gasteiger partial charge >= 0.3 is 0 Å². The van der Waals surface area contributed by atoms with Gasteiger partial charge in [0.2, 0.25) is 0 Å². The molecule has 54 valence electrons. The standard InChI is InChI=1S/C9H15B/c1-9(10)6-7-2-4-8(9)5-3-7/h7-8H,2-6H2,1H3. The summed E-state index contributed by atoms with van der Waals surface area (Å²) >= 11 is 0. The van der Waals surface area contributed by atoms with Gasteiger partial charge < -0.3 is 0 Å². The molecule has 0 aromatic rings. The van der Waals surface area contributed by atoms with Gasteiger partial charge in [-0.25, -0.2) is 0 Å². The first-order valence-electron chi connectivity index (χ1n) is 4.47. The average Bonchev–Trinajstić information content (AvgIpc) is 1.87. The molecule has 0 nitrogen and oxygen atoms in total. The Morgan fingerprint density at radius 3 is 2.00 bits per heavy atom. The number of hydrogen-bond acceptors (Lipinski definition) is 0. The monoisotopic (exact) mass is 134 g/mol. The van der Waals surface area contributed by atoms with Gasteiger partial charge in [0.05, 0.1) is 7.85 Å². The minimum Gasteiger partial charge on any atom is -0.0674 e. The molecule has 3 rings (SSSR count). The number of fused-ring (bicyclic) bond motifs is 3. The highest BCUT2D eigenvalue weighted by atomic mass is 14.4. The molecule has 2 radical (unpaired) electrons. The van der Waals surface area contributed by atoms with Crippen LogP contribution >= 0.6 is 0 Å². The van der Waals surface area contributed by atoms with Crippen molar-refractivity contribution in [3.8, 4) is 0 Å². The molecule has 1 heteroatoms. The van der Waals surface area contributed by atoms with Crippen molar-refractivity contribution < 1.29 is 0 Å². The van der Waals surface area contributed by atoms with E-state index >= 15 is 0 Å². The zero-order valence-electron chi connectivity index (χ0n) is 6.77. The van der Waals surface area contributed by atoms with Crippen molar-refractivity contribution >= 4 is 7.85 Å². The fourth-order valence-corrected chi connectivity index (χ4v) is 2.81. The van der Waals surface area contributed by atoms with E-state index in [4.69, 9.17) is 7.85 Å². The summed E-state index contributed by atoms with van der Waals surface area (Å²) < 4.78 is 0. The largest absolute Gasteiger partial charge is 0.0746 e. The predicted molar refractivity (Wildman–Crippen MR) is 44.2 cm³/mol. The van der Waals surface area contributed by atoms with Crippen molar-refractivity contribution in [1.82, 2.24) is 0 Å². The summed E-state index contributed by atoms with van der Waals surface area (Å²) in [5.74, 6) is 1.82. The number of hydrogen-bond donors (Lipinski definition) is 0. The molecule has 0 spiro atoms. The molecule has 0 saturated heterocycles. The Hall–Kier alpha value is 0.0649. The summed E-state index contributed by atoms with van der Waals surface area (Å²) in [6.07, 6.45) is 7.00. The van der Waals surface area contributed by atoms with Crippen molar-refractivity contribution in [2.45, 2.75) is 44.3 Å². The lowest BCUT2D eigenvalue weighted by atomic mass is 9.48. The van der Waals surface area contributed by atoms with Crippen molar-refractivity contribution in [2.24, 2.45) is 11.8 Å². The fourth-order valence-electron chi connectivity index (χ4n) is 2.81. The van der Waals surface area contributed by atoms with Crippen molar-refractivity contribution in [2.75, 3.05) is 0 Å². The Labute approximate surface area is 64.8 Å². The fraction of sp³-hybridized carbons (Fsp3) is 1.00. The normalized spacial score (nSPS) is 53.3. The molecule has 3 aliphatic carbocycles. The first kappa shape index (κ1) is 6.76. The van der Waals surface area contributed by atoms with E-state index in [0.29, 0.717) is 0 Å². The Morgan fingerprint density at radius 2 is 1.80 bits per heavy atom. The molecule has 0 aliphatic heterocycles. The molecule has 2 bridgehead atoms. The van der Waals surface area contributed by atoms with Crippen LogP contribution in [0, 0.1) is 11.8 Å². The lowest BCUT2D eigenvalue weighted by Gasteiger charge is -2.48. The maximum atomic E-state index is 6.16. The second-order valence-electron chi connectivity index (χ2n) is 4.43. The van der Waals surface area contributed by atoms with Crippen LogP contribution in [0.25, 0.3) is 0 Å². The molecule has 0 heterocycles. The van der Waals surface area contributed by atoms with E-state index in [-0.39, 0.29) is 5.31 Å². The minimum absolute atomic E-state index is 0.196. The molecule has 10 heavy (non-hydrogen) atoms. The van der Waals surface area contributed by atoms with Gasteiger partial charge in [-0.05, 0) is 11.8 Å². The quantitative estimate of drug-likeness (QED) is 0.446. The zero-order valence-corrected chi connectivity index (χ0v) is 6.77. The van der Waals surface area contributed by atoms with Gasteiger partial charge in [-0.3, -0.25) is 0 Å². The first-order chi connectivity index (χ1) is 4.68. The van der Waals surface area contributed by atoms with Crippen molar-refractivity contribution in [1.29, 1.82) is 0 Å². The average molecular weight is 134 g/mol. The Balaban J connectivity index is 2.15. The minimum atomic E-state index is 0.196. The molecule has 0 N–H and O–H groups in total. The molecule has 0 aromatic carbocycles. The van der Waals surface area contributed by atoms with Crippen molar-refractivity contribution in [3.05, 3.63) is 0 Å². The van der Waals surface area contributed by atoms with Gasteiger partial charge in [-0.1, -0.05) is 44.3 Å². The summed E-state index contributed by atoms with van der Waals surface area (Å²) in [6.45, 7) is 2.24. The van der Waals surface area contributed by atoms with E-state index in [1.54, 1.807) is 0 Å². The lowest BCUT2D eigenvalue weighted by molar-refractivity contribution is 0.124. The first-order valence-corrected chi connectivity index (χ1v) is 4.47. The van der Waals surface area contributed by atoms with E-state index < -0.39 is 0 Å². The van der Waals surface area contributed by atoms with Gasteiger partial charge in [-0.15, -0.1) is 0 Å². The lowest BCUT2D eigenvalue weighted by Crippen LogP contribution is -2.34. The second-order valence-corrected chi connectivity index (χ2v) is 4.43. The maximum Gasteiger partial charge on any atom is 0.0746 e. The molecule has 1 unspecified atom stereocenters. The van der Waals surface area contributed by atoms with E-state index in [2.05, 4.69) is 6.92 Å².